The van der Waals surface area contributed by atoms with Crippen LogP contribution >= 0.6 is 0 Å². The summed E-state index contributed by atoms with van der Waals surface area (Å²) in [5.74, 6) is 0.763. The number of aliphatic hydroxyl groups excluding tert-OH is 1. The van der Waals surface area contributed by atoms with Crippen LogP contribution in [0.1, 0.15) is 74.6 Å². The van der Waals surface area contributed by atoms with Gasteiger partial charge < -0.3 is 19.5 Å². The average Bonchev–Trinajstić information content (AvgIpc) is 2.97. The second-order valence-electron chi connectivity index (χ2n) is 9.72. The topological polar surface area (TPSA) is 59.0 Å². The molecule has 1 aromatic rings. The van der Waals surface area contributed by atoms with Gasteiger partial charge in [-0.1, -0.05) is 0 Å². The molecule has 2 unspecified atom stereocenters. The molecule has 0 aromatic heterocycles. The Balaban J connectivity index is 1.67. The molecule has 1 N–H and O–H groups in total. The molecule has 1 aromatic carbocycles. The van der Waals surface area contributed by atoms with E-state index >= 15 is 0 Å². The van der Waals surface area contributed by atoms with Gasteiger partial charge in [0, 0.05) is 37.2 Å². The lowest BCUT2D eigenvalue weighted by Gasteiger charge is -2.33. The van der Waals surface area contributed by atoms with Crippen molar-refractivity contribution in [1.29, 1.82) is 0 Å². The summed E-state index contributed by atoms with van der Waals surface area (Å²) in [6.07, 6.45) is 6.14. The van der Waals surface area contributed by atoms with Crippen LogP contribution in [-0.2, 0) is 22.4 Å². The highest BCUT2D eigenvalue weighted by molar-refractivity contribution is 5.71. The van der Waals surface area contributed by atoms with E-state index in [0.29, 0.717) is 6.42 Å². The first kappa shape index (κ1) is 20.5. The standard InChI is InChI=1S/C24H35NO4/c1-15-19(9-8-18-12-17(26)13-21(27)28-18)23-20(14-24(3,4)29-23)16(2)22(15)25-10-6-5-7-11-25/h17-18,26H,5-14H2,1-4H3. The normalized spacial score (nSPS) is 26.1. The summed E-state index contributed by atoms with van der Waals surface area (Å²) < 4.78 is 11.9. The van der Waals surface area contributed by atoms with Gasteiger partial charge in [-0.05, 0) is 76.5 Å². The van der Waals surface area contributed by atoms with Crippen LogP contribution in [0, 0.1) is 13.8 Å². The van der Waals surface area contributed by atoms with Crippen LogP contribution in [0.25, 0.3) is 0 Å². The van der Waals surface area contributed by atoms with E-state index in [9.17, 15) is 9.90 Å². The maximum Gasteiger partial charge on any atom is 0.308 e. The summed E-state index contributed by atoms with van der Waals surface area (Å²) in [6.45, 7) is 11.0. The third-order valence-electron chi connectivity index (χ3n) is 6.77. The second-order valence-corrected chi connectivity index (χ2v) is 9.72. The molecule has 160 valence electrons. The van der Waals surface area contributed by atoms with Crippen LogP contribution in [0.3, 0.4) is 0 Å². The summed E-state index contributed by atoms with van der Waals surface area (Å²) in [5, 5.41) is 9.94. The SMILES string of the molecule is Cc1c(CCC2CC(O)CC(=O)O2)c2c(c(C)c1N1CCCCC1)CC(C)(C)O2. The van der Waals surface area contributed by atoms with Crippen molar-refractivity contribution in [3.8, 4) is 5.75 Å². The molecule has 2 atom stereocenters. The van der Waals surface area contributed by atoms with Gasteiger partial charge >= 0.3 is 5.97 Å². The van der Waals surface area contributed by atoms with E-state index in [4.69, 9.17) is 9.47 Å². The van der Waals surface area contributed by atoms with E-state index in [1.807, 2.05) is 0 Å². The molecule has 2 saturated heterocycles. The molecule has 0 saturated carbocycles. The Kier molecular flexibility index (Phi) is 5.54. The fourth-order valence-electron chi connectivity index (χ4n) is 5.40. The van der Waals surface area contributed by atoms with Crippen LogP contribution in [0.15, 0.2) is 0 Å². The van der Waals surface area contributed by atoms with E-state index < -0.39 is 6.10 Å². The highest BCUT2D eigenvalue weighted by atomic mass is 16.5. The highest BCUT2D eigenvalue weighted by Crippen LogP contribution is 2.46. The zero-order chi connectivity index (χ0) is 20.8. The number of aliphatic hydroxyl groups is 1. The maximum absolute atomic E-state index is 11.7. The van der Waals surface area contributed by atoms with E-state index in [1.54, 1.807) is 0 Å². The lowest BCUT2D eigenvalue weighted by Crippen LogP contribution is -2.33. The number of carbonyl (C=O) groups excluding carboxylic acids is 1. The summed E-state index contributed by atoms with van der Waals surface area (Å²) in [7, 11) is 0. The van der Waals surface area contributed by atoms with Crippen LogP contribution in [0.2, 0.25) is 0 Å². The van der Waals surface area contributed by atoms with E-state index in [2.05, 4.69) is 32.6 Å². The molecular formula is C24H35NO4. The second kappa shape index (κ2) is 7.82. The molecule has 0 aliphatic carbocycles. The largest absolute Gasteiger partial charge is 0.487 e. The first-order chi connectivity index (χ1) is 13.7. The Labute approximate surface area is 174 Å². The molecule has 3 heterocycles. The maximum atomic E-state index is 11.7. The summed E-state index contributed by atoms with van der Waals surface area (Å²) in [4.78, 5) is 14.3. The van der Waals surface area contributed by atoms with Gasteiger partial charge in [0.1, 0.15) is 17.5 Å². The van der Waals surface area contributed by atoms with Gasteiger partial charge in [-0.25, -0.2) is 0 Å². The minimum Gasteiger partial charge on any atom is -0.487 e. The minimum atomic E-state index is -0.579. The molecule has 5 heteroatoms. The predicted octanol–water partition coefficient (Wildman–Crippen LogP) is 4.01. The highest BCUT2D eigenvalue weighted by Gasteiger charge is 2.36. The Hall–Kier alpha value is -1.75. The van der Waals surface area contributed by atoms with Crippen molar-refractivity contribution in [2.45, 2.75) is 96.9 Å². The fourth-order valence-corrected chi connectivity index (χ4v) is 5.40. The molecule has 0 bridgehead atoms. The number of piperidine rings is 1. The first-order valence-corrected chi connectivity index (χ1v) is 11.2. The van der Waals surface area contributed by atoms with Gasteiger partial charge in [0.05, 0.1) is 12.5 Å². The number of anilines is 1. The average molecular weight is 402 g/mol. The van der Waals surface area contributed by atoms with E-state index in [1.165, 1.54) is 47.2 Å². The Morgan fingerprint density at radius 1 is 1.14 bits per heavy atom. The first-order valence-electron chi connectivity index (χ1n) is 11.2. The Bertz CT molecular complexity index is 795. The smallest absolute Gasteiger partial charge is 0.308 e. The minimum absolute atomic E-state index is 0.117. The molecule has 3 aliphatic rings. The number of benzene rings is 1. The Morgan fingerprint density at radius 2 is 1.86 bits per heavy atom. The zero-order valence-electron chi connectivity index (χ0n) is 18.3. The molecule has 3 aliphatic heterocycles. The lowest BCUT2D eigenvalue weighted by atomic mass is 9.88. The zero-order valence-corrected chi connectivity index (χ0v) is 18.3. The number of esters is 1. The number of carbonyl (C=O) groups is 1. The van der Waals surface area contributed by atoms with E-state index in [-0.39, 0.29) is 24.1 Å². The molecule has 0 spiro atoms. The van der Waals surface area contributed by atoms with Crippen molar-refractivity contribution in [3.05, 3.63) is 22.3 Å². The molecule has 0 radical (unpaired) electrons. The number of rotatable bonds is 4. The predicted molar refractivity (Wildman–Crippen MR) is 114 cm³/mol. The van der Waals surface area contributed by atoms with Crippen molar-refractivity contribution in [1.82, 2.24) is 0 Å². The van der Waals surface area contributed by atoms with Gasteiger partial charge in [0.25, 0.3) is 0 Å². The van der Waals surface area contributed by atoms with Crippen molar-refractivity contribution < 1.29 is 19.4 Å². The summed E-state index contributed by atoms with van der Waals surface area (Å²) in [6, 6.07) is 0. The molecule has 2 fully saturated rings. The van der Waals surface area contributed by atoms with Gasteiger partial charge in [-0.2, -0.15) is 0 Å². The van der Waals surface area contributed by atoms with Gasteiger partial charge in [-0.15, -0.1) is 0 Å². The molecule has 29 heavy (non-hydrogen) atoms. The molecular weight excluding hydrogens is 366 g/mol. The molecule has 4 rings (SSSR count). The summed E-state index contributed by atoms with van der Waals surface area (Å²) in [5.41, 5.74) is 6.48. The number of hydrogen-bond donors (Lipinski definition) is 1. The Morgan fingerprint density at radius 3 is 2.55 bits per heavy atom. The van der Waals surface area contributed by atoms with Crippen LogP contribution in [0.5, 0.6) is 5.75 Å². The monoisotopic (exact) mass is 401 g/mol. The molecule has 0 amide bonds. The number of nitrogens with zero attached hydrogens (tertiary/aromatic N) is 1. The van der Waals surface area contributed by atoms with Crippen LogP contribution in [-0.4, -0.2) is 42.0 Å². The summed E-state index contributed by atoms with van der Waals surface area (Å²) >= 11 is 0. The van der Waals surface area contributed by atoms with Crippen molar-refractivity contribution in [2.75, 3.05) is 18.0 Å². The van der Waals surface area contributed by atoms with Gasteiger partial charge in [0.2, 0.25) is 0 Å². The van der Waals surface area contributed by atoms with Gasteiger partial charge in [0.15, 0.2) is 0 Å². The third kappa shape index (κ3) is 4.11. The van der Waals surface area contributed by atoms with Crippen molar-refractivity contribution in [3.63, 3.8) is 0 Å². The number of fused-ring (bicyclic) bond motifs is 1. The number of hydrogen-bond acceptors (Lipinski definition) is 5. The third-order valence-corrected chi connectivity index (χ3v) is 6.77. The molecule has 5 nitrogen and oxygen atoms in total. The quantitative estimate of drug-likeness (QED) is 0.773. The van der Waals surface area contributed by atoms with Crippen LogP contribution < -0.4 is 9.64 Å². The van der Waals surface area contributed by atoms with Crippen molar-refractivity contribution in [2.24, 2.45) is 0 Å². The van der Waals surface area contributed by atoms with Crippen molar-refractivity contribution >= 4 is 11.7 Å². The fraction of sp³-hybridized carbons (Fsp3) is 0.708. The number of ether oxygens (including phenoxy) is 2. The van der Waals surface area contributed by atoms with Crippen LogP contribution in [0.4, 0.5) is 5.69 Å². The van der Waals surface area contributed by atoms with E-state index in [0.717, 1.165) is 38.1 Å². The number of cyclic esters (lactones) is 1. The van der Waals surface area contributed by atoms with Gasteiger partial charge in [-0.3, -0.25) is 4.79 Å². The lowest BCUT2D eigenvalue weighted by molar-refractivity contribution is -0.160.